The van der Waals surface area contributed by atoms with Crippen molar-refractivity contribution in [2.45, 2.75) is 26.2 Å². The first kappa shape index (κ1) is 16.6. The van der Waals surface area contributed by atoms with E-state index in [1.807, 2.05) is 13.0 Å². The summed E-state index contributed by atoms with van der Waals surface area (Å²) in [5.74, 6) is -0.342. The summed E-state index contributed by atoms with van der Waals surface area (Å²) in [6, 6.07) is 6.64. The lowest BCUT2D eigenvalue weighted by molar-refractivity contribution is 0.0696. The maximum absolute atomic E-state index is 14.3. The van der Waals surface area contributed by atoms with E-state index in [2.05, 4.69) is 10.3 Å². The van der Waals surface area contributed by atoms with Crippen LogP contribution < -0.4 is 5.32 Å². The van der Waals surface area contributed by atoms with Gasteiger partial charge in [-0.15, -0.1) is 0 Å². The molecule has 0 radical (unpaired) electrons. The van der Waals surface area contributed by atoms with Crippen LogP contribution in [-0.2, 0) is 0 Å². The maximum Gasteiger partial charge on any atom is 0.291 e. The van der Waals surface area contributed by atoms with Crippen LogP contribution in [0.5, 0.6) is 0 Å². The Labute approximate surface area is 150 Å². The van der Waals surface area contributed by atoms with E-state index in [0.717, 1.165) is 24.8 Å². The number of pyridine rings is 1. The van der Waals surface area contributed by atoms with E-state index >= 15 is 0 Å². The third-order valence-corrected chi connectivity index (χ3v) is 4.71. The number of aryl methyl sites for hydroxylation is 1. The van der Waals surface area contributed by atoms with Gasteiger partial charge in [-0.3, -0.25) is 9.78 Å². The van der Waals surface area contributed by atoms with Crippen molar-refractivity contribution in [1.82, 2.24) is 9.88 Å². The number of carbonyl (C=O) groups excluding carboxylic acids is 1. The zero-order valence-electron chi connectivity index (χ0n) is 14.6. The van der Waals surface area contributed by atoms with Gasteiger partial charge in [0, 0.05) is 25.5 Å². The molecule has 0 unspecified atom stereocenters. The fourth-order valence-corrected chi connectivity index (χ4v) is 3.31. The predicted octanol–water partition coefficient (Wildman–Crippen LogP) is 4.65. The minimum Gasteiger partial charge on any atom is -0.448 e. The van der Waals surface area contributed by atoms with Crippen LogP contribution in [0, 0.1) is 12.7 Å². The molecule has 1 aliphatic heterocycles. The number of hydrogen-bond donors (Lipinski definition) is 1. The Morgan fingerprint density at radius 3 is 2.81 bits per heavy atom. The number of likely N-dealkylation sites (tertiary alicyclic amines) is 1. The summed E-state index contributed by atoms with van der Waals surface area (Å²) in [7, 11) is 0. The van der Waals surface area contributed by atoms with Gasteiger partial charge in [0.1, 0.15) is 17.1 Å². The number of benzene rings is 1. The quantitative estimate of drug-likeness (QED) is 0.745. The summed E-state index contributed by atoms with van der Waals surface area (Å²) in [5, 5.41) is 3.71. The minimum absolute atomic E-state index is 0.170. The number of hydrogen-bond acceptors (Lipinski definition) is 4. The van der Waals surface area contributed by atoms with Crippen molar-refractivity contribution in [3.05, 3.63) is 53.8 Å². The molecule has 3 aromatic rings. The third-order valence-electron chi connectivity index (χ3n) is 4.71. The molecule has 3 heterocycles. The Bertz CT molecular complexity index is 961. The highest BCUT2D eigenvalue weighted by molar-refractivity contribution is 6.07. The van der Waals surface area contributed by atoms with Crippen LogP contribution in [0.25, 0.3) is 11.0 Å². The fraction of sp³-hybridized carbons (Fsp3) is 0.300. The molecule has 0 spiro atoms. The second-order valence-corrected chi connectivity index (χ2v) is 6.64. The Morgan fingerprint density at radius 2 is 2.04 bits per heavy atom. The molecule has 134 valence electrons. The van der Waals surface area contributed by atoms with E-state index in [-0.39, 0.29) is 17.5 Å². The standard InChI is InChI=1S/C20H20FN3O2/c1-13-5-6-16(15(21)11-13)23-18-14-12-22-8-7-17(14)26-19(18)20(25)24-9-3-2-4-10-24/h5-8,11-12,23H,2-4,9-10H2,1H3. The number of fused-ring (bicyclic) bond motifs is 1. The zero-order chi connectivity index (χ0) is 18.1. The van der Waals surface area contributed by atoms with Gasteiger partial charge in [0.25, 0.3) is 5.91 Å². The smallest absolute Gasteiger partial charge is 0.291 e. The number of rotatable bonds is 3. The molecule has 0 atom stereocenters. The van der Waals surface area contributed by atoms with Gasteiger partial charge in [-0.25, -0.2) is 4.39 Å². The maximum atomic E-state index is 14.3. The van der Waals surface area contributed by atoms with Gasteiger partial charge in [0.2, 0.25) is 5.76 Å². The molecule has 5 nitrogen and oxygen atoms in total. The molecule has 1 amide bonds. The van der Waals surface area contributed by atoms with Gasteiger partial charge < -0.3 is 14.6 Å². The molecule has 6 heteroatoms. The average Bonchev–Trinajstić information content (AvgIpc) is 3.02. The topological polar surface area (TPSA) is 58.4 Å². The molecule has 1 fully saturated rings. The Hall–Kier alpha value is -2.89. The van der Waals surface area contributed by atoms with Gasteiger partial charge in [-0.1, -0.05) is 6.07 Å². The molecule has 4 rings (SSSR count). The van der Waals surface area contributed by atoms with Crippen molar-refractivity contribution < 1.29 is 13.6 Å². The lowest BCUT2D eigenvalue weighted by Gasteiger charge is -2.26. The highest BCUT2D eigenvalue weighted by Gasteiger charge is 2.27. The molecule has 1 aliphatic rings. The third kappa shape index (κ3) is 3.03. The molecule has 0 bridgehead atoms. The molecule has 26 heavy (non-hydrogen) atoms. The molecule has 1 saturated heterocycles. The van der Waals surface area contributed by atoms with Crippen LogP contribution >= 0.6 is 0 Å². The van der Waals surface area contributed by atoms with Crippen molar-refractivity contribution in [1.29, 1.82) is 0 Å². The lowest BCUT2D eigenvalue weighted by Crippen LogP contribution is -2.35. The number of furan rings is 1. The zero-order valence-corrected chi connectivity index (χ0v) is 14.6. The van der Waals surface area contributed by atoms with E-state index in [1.54, 1.807) is 29.4 Å². The molecule has 2 aromatic heterocycles. The van der Waals surface area contributed by atoms with Crippen molar-refractivity contribution in [2.24, 2.45) is 0 Å². The molecule has 0 aliphatic carbocycles. The largest absolute Gasteiger partial charge is 0.448 e. The van der Waals surface area contributed by atoms with Crippen LogP contribution in [0.1, 0.15) is 35.4 Å². The number of nitrogens with one attached hydrogen (secondary N) is 1. The molecular formula is C20H20FN3O2. The van der Waals surface area contributed by atoms with Gasteiger partial charge >= 0.3 is 0 Å². The normalized spacial score (nSPS) is 14.6. The number of aromatic nitrogens is 1. The molecule has 1 aromatic carbocycles. The number of amides is 1. The number of halogens is 1. The van der Waals surface area contributed by atoms with E-state index in [4.69, 9.17) is 4.42 Å². The first-order valence-electron chi connectivity index (χ1n) is 8.82. The summed E-state index contributed by atoms with van der Waals surface area (Å²) in [4.78, 5) is 18.9. The highest BCUT2D eigenvalue weighted by atomic mass is 19.1. The van der Waals surface area contributed by atoms with E-state index in [0.29, 0.717) is 35.4 Å². The fourth-order valence-electron chi connectivity index (χ4n) is 3.31. The summed E-state index contributed by atoms with van der Waals surface area (Å²) >= 11 is 0. The molecular weight excluding hydrogens is 333 g/mol. The number of anilines is 2. The molecule has 1 N–H and O–H groups in total. The van der Waals surface area contributed by atoms with Crippen molar-refractivity contribution in [3.8, 4) is 0 Å². The average molecular weight is 353 g/mol. The summed E-state index contributed by atoms with van der Waals surface area (Å²) in [6.07, 6.45) is 6.34. The molecule has 0 saturated carbocycles. The van der Waals surface area contributed by atoms with Crippen LogP contribution in [-0.4, -0.2) is 28.9 Å². The van der Waals surface area contributed by atoms with Crippen molar-refractivity contribution >= 4 is 28.3 Å². The number of piperidine rings is 1. The van der Waals surface area contributed by atoms with Crippen molar-refractivity contribution in [2.75, 3.05) is 18.4 Å². The first-order chi connectivity index (χ1) is 12.6. The summed E-state index contributed by atoms with van der Waals surface area (Å²) in [5.41, 5.74) is 2.15. The predicted molar refractivity (Wildman–Crippen MR) is 98.2 cm³/mol. The van der Waals surface area contributed by atoms with E-state index in [1.165, 1.54) is 6.07 Å². The van der Waals surface area contributed by atoms with Gasteiger partial charge in [0.05, 0.1) is 11.1 Å². The SMILES string of the molecule is Cc1ccc(Nc2c(C(=O)N3CCCCC3)oc3ccncc23)c(F)c1. The monoisotopic (exact) mass is 353 g/mol. The van der Waals surface area contributed by atoms with Crippen molar-refractivity contribution in [3.63, 3.8) is 0 Å². The second kappa shape index (κ2) is 6.78. The van der Waals surface area contributed by atoms with E-state index < -0.39 is 0 Å². The Morgan fingerprint density at radius 1 is 1.23 bits per heavy atom. The second-order valence-electron chi connectivity index (χ2n) is 6.64. The minimum atomic E-state index is -0.375. The van der Waals surface area contributed by atoms with Gasteiger partial charge in [-0.05, 0) is 49.9 Å². The number of carbonyl (C=O) groups is 1. The van der Waals surface area contributed by atoms with Crippen LogP contribution in [0.3, 0.4) is 0 Å². The summed E-state index contributed by atoms with van der Waals surface area (Å²) in [6.45, 7) is 3.26. The van der Waals surface area contributed by atoms with Gasteiger partial charge in [0.15, 0.2) is 0 Å². The van der Waals surface area contributed by atoms with Crippen LogP contribution in [0.2, 0.25) is 0 Å². The Kier molecular flexibility index (Phi) is 4.32. The number of nitrogens with zero attached hydrogens (tertiary/aromatic N) is 2. The van der Waals surface area contributed by atoms with E-state index in [9.17, 15) is 9.18 Å². The first-order valence-corrected chi connectivity index (χ1v) is 8.82. The van der Waals surface area contributed by atoms with Gasteiger partial charge in [-0.2, -0.15) is 0 Å². The summed E-state index contributed by atoms with van der Waals surface area (Å²) < 4.78 is 20.2. The van der Waals surface area contributed by atoms with Crippen LogP contribution in [0.4, 0.5) is 15.8 Å². The Balaban J connectivity index is 1.77. The lowest BCUT2D eigenvalue weighted by atomic mass is 10.1. The highest BCUT2D eigenvalue weighted by Crippen LogP contribution is 2.34. The van der Waals surface area contributed by atoms with Crippen LogP contribution in [0.15, 0.2) is 41.1 Å².